The monoisotopic (exact) mass is 167 g/mol. The number of nitrogens with one attached hydrogen (secondary N) is 1. The SMILES string of the molecule is CC#CCCC(NCC)C(C)C. The van der Waals surface area contributed by atoms with Crippen molar-refractivity contribution in [2.75, 3.05) is 6.54 Å². The molecular weight excluding hydrogens is 146 g/mol. The van der Waals surface area contributed by atoms with Gasteiger partial charge in [-0.1, -0.05) is 20.8 Å². The van der Waals surface area contributed by atoms with E-state index in [1.54, 1.807) is 0 Å². The zero-order valence-corrected chi connectivity index (χ0v) is 8.78. The van der Waals surface area contributed by atoms with Gasteiger partial charge in [-0.15, -0.1) is 11.8 Å². The van der Waals surface area contributed by atoms with Crippen molar-refractivity contribution in [1.29, 1.82) is 0 Å². The molecule has 0 aliphatic heterocycles. The Labute approximate surface area is 76.9 Å². The van der Waals surface area contributed by atoms with E-state index in [1.807, 2.05) is 6.92 Å². The Morgan fingerprint density at radius 2 is 2.00 bits per heavy atom. The van der Waals surface area contributed by atoms with Crippen molar-refractivity contribution in [3.05, 3.63) is 0 Å². The Morgan fingerprint density at radius 1 is 1.33 bits per heavy atom. The van der Waals surface area contributed by atoms with Gasteiger partial charge in [0.05, 0.1) is 0 Å². The third kappa shape index (κ3) is 5.21. The summed E-state index contributed by atoms with van der Waals surface area (Å²) < 4.78 is 0. The van der Waals surface area contributed by atoms with Gasteiger partial charge in [-0.2, -0.15) is 0 Å². The van der Waals surface area contributed by atoms with E-state index in [9.17, 15) is 0 Å². The molecule has 0 aromatic heterocycles. The molecule has 0 aromatic carbocycles. The largest absolute Gasteiger partial charge is 0.314 e. The van der Waals surface area contributed by atoms with Crippen LogP contribution in [-0.4, -0.2) is 12.6 Å². The van der Waals surface area contributed by atoms with E-state index in [0.29, 0.717) is 12.0 Å². The van der Waals surface area contributed by atoms with Gasteiger partial charge >= 0.3 is 0 Å². The number of hydrogen-bond acceptors (Lipinski definition) is 1. The topological polar surface area (TPSA) is 12.0 Å². The lowest BCUT2D eigenvalue weighted by molar-refractivity contribution is 0.389. The summed E-state index contributed by atoms with van der Waals surface area (Å²) in [5.41, 5.74) is 0. The van der Waals surface area contributed by atoms with E-state index in [1.165, 1.54) is 6.42 Å². The van der Waals surface area contributed by atoms with E-state index in [4.69, 9.17) is 0 Å². The number of rotatable bonds is 5. The first-order valence-corrected chi connectivity index (χ1v) is 4.85. The first-order chi connectivity index (χ1) is 5.72. The number of hydrogen-bond donors (Lipinski definition) is 1. The fourth-order valence-corrected chi connectivity index (χ4v) is 1.29. The molecule has 0 spiro atoms. The lowest BCUT2D eigenvalue weighted by Gasteiger charge is -2.20. The average molecular weight is 167 g/mol. The minimum atomic E-state index is 0.635. The van der Waals surface area contributed by atoms with Crippen LogP contribution in [0, 0.1) is 17.8 Å². The van der Waals surface area contributed by atoms with Gasteiger partial charge in [-0.25, -0.2) is 0 Å². The summed E-state index contributed by atoms with van der Waals surface area (Å²) in [5.74, 6) is 6.74. The summed E-state index contributed by atoms with van der Waals surface area (Å²) >= 11 is 0. The van der Waals surface area contributed by atoms with Crippen molar-refractivity contribution < 1.29 is 0 Å². The van der Waals surface area contributed by atoms with Crippen molar-refractivity contribution in [1.82, 2.24) is 5.32 Å². The standard InChI is InChI=1S/C11H21N/c1-5-7-8-9-11(10(3)4)12-6-2/h10-12H,6,8-9H2,1-4H3. The minimum Gasteiger partial charge on any atom is -0.314 e. The van der Waals surface area contributed by atoms with E-state index in [-0.39, 0.29) is 0 Å². The Hall–Kier alpha value is -0.480. The molecule has 1 atom stereocenters. The van der Waals surface area contributed by atoms with Crippen LogP contribution in [-0.2, 0) is 0 Å². The molecule has 1 unspecified atom stereocenters. The van der Waals surface area contributed by atoms with E-state index in [2.05, 4.69) is 37.9 Å². The van der Waals surface area contributed by atoms with Gasteiger partial charge < -0.3 is 5.32 Å². The smallest absolute Gasteiger partial charge is 0.0103 e. The quantitative estimate of drug-likeness (QED) is 0.620. The third-order valence-corrected chi connectivity index (χ3v) is 2.03. The highest BCUT2D eigenvalue weighted by molar-refractivity contribution is 4.95. The molecule has 0 aliphatic rings. The predicted octanol–water partition coefficient (Wildman–Crippen LogP) is 2.42. The highest BCUT2D eigenvalue weighted by Gasteiger charge is 2.09. The second-order valence-corrected chi connectivity index (χ2v) is 3.37. The molecule has 0 fully saturated rings. The molecular formula is C11H21N. The highest BCUT2D eigenvalue weighted by Crippen LogP contribution is 2.07. The van der Waals surface area contributed by atoms with Crippen LogP contribution < -0.4 is 5.32 Å². The zero-order chi connectivity index (χ0) is 9.40. The molecule has 1 N–H and O–H groups in total. The maximum absolute atomic E-state index is 3.47. The Bertz CT molecular complexity index is 150. The van der Waals surface area contributed by atoms with Gasteiger partial charge in [0.2, 0.25) is 0 Å². The van der Waals surface area contributed by atoms with Crippen molar-refractivity contribution in [3.63, 3.8) is 0 Å². The maximum atomic E-state index is 3.47. The molecule has 0 saturated heterocycles. The molecule has 0 bridgehead atoms. The van der Waals surface area contributed by atoms with Crippen molar-refractivity contribution in [3.8, 4) is 11.8 Å². The van der Waals surface area contributed by atoms with Gasteiger partial charge in [0, 0.05) is 12.5 Å². The molecule has 0 amide bonds. The van der Waals surface area contributed by atoms with Crippen LogP contribution in [0.4, 0.5) is 0 Å². The lowest BCUT2D eigenvalue weighted by atomic mass is 9.99. The summed E-state index contributed by atoms with van der Waals surface area (Å²) in [6, 6.07) is 0.635. The fraction of sp³-hybridized carbons (Fsp3) is 0.818. The van der Waals surface area contributed by atoms with Gasteiger partial charge in [0.25, 0.3) is 0 Å². The first kappa shape index (κ1) is 11.5. The van der Waals surface area contributed by atoms with E-state index >= 15 is 0 Å². The van der Waals surface area contributed by atoms with Crippen LogP contribution in [0.3, 0.4) is 0 Å². The van der Waals surface area contributed by atoms with Crippen molar-refractivity contribution in [2.24, 2.45) is 5.92 Å². The maximum Gasteiger partial charge on any atom is 0.0103 e. The Kier molecular flexibility index (Phi) is 6.90. The van der Waals surface area contributed by atoms with Crippen LogP contribution in [0.1, 0.15) is 40.5 Å². The molecule has 1 heteroatoms. The van der Waals surface area contributed by atoms with Crippen LogP contribution in [0.25, 0.3) is 0 Å². The van der Waals surface area contributed by atoms with E-state index in [0.717, 1.165) is 13.0 Å². The van der Waals surface area contributed by atoms with Crippen LogP contribution in [0.2, 0.25) is 0 Å². The third-order valence-electron chi connectivity index (χ3n) is 2.03. The molecule has 0 aliphatic carbocycles. The summed E-state index contributed by atoms with van der Waals surface area (Å²) in [5, 5.41) is 3.47. The second kappa shape index (κ2) is 7.18. The van der Waals surface area contributed by atoms with Crippen molar-refractivity contribution in [2.45, 2.75) is 46.6 Å². The molecule has 0 heterocycles. The summed E-state index contributed by atoms with van der Waals surface area (Å²) in [7, 11) is 0. The fourth-order valence-electron chi connectivity index (χ4n) is 1.29. The summed E-state index contributed by atoms with van der Waals surface area (Å²) in [6.07, 6.45) is 2.19. The second-order valence-electron chi connectivity index (χ2n) is 3.37. The molecule has 0 aromatic rings. The van der Waals surface area contributed by atoms with Crippen LogP contribution in [0.5, 0.6) is 0 Å². The average Bonchev–Trinajstić information content (AvgIpc) is 2.03. The lowest BCUT2D eigenvalue weighted by Crippen LogP contribution is -2.33. The van der Waals surface area contributed by atoms with Gasteiger partial charge in [-0.05, 0) is 25.8 Å². The molecule has 1 nitrogen and oxygen atoms in total. The first-order valence-electron chi connectivity index (χ1n) is 4.85. The molecule has 12 heavy (non-hydrogen) atoms. The van der Waals surface area contributed by atoms with Crippen LogP contribution in [0.15, 0.2) is 0 Å². The van der Waals surface area contributed by atoms with E-state index < -0.39 is 0 Å². The highest BCUT2D eigenvalue weighted by atomic mass is 14.9. The molecule has 70 valence electrons. The molecule has 0 saturated carbocycles. The van der Waals surface area contributed by atoms with Crippen LogP contribution >= 0.6 is 0 Å². The summed E-state index contributed by atoms with van der Waals surface area (Å²) in [6.45, 7) is 9.63. The summed E-state index contributed by atoms with van der Waals surface area (Å²) in [4.78, 5) is 0. The van der Waals surface area contributed by atoms with Gasteiger partial charge in [0.1, 0.15) is 0 Å². The Morgan fingerprint density at radius 3 is 2.42 bits per heavy atom. The zero-order valence-electron chi connectivity index (χ0n) is 8.78. The molecule has 0 rings (SSSR count). The Balaban J connectivity index is 3.68. The predicted molar refractivity (Wildman–Crippen MR) is 55.0 cm³/mol. The van der Waals surface area contributed by atoms with Crippen molar-refractivity contribution >= 4 is 0 Å². The minimum absolute atomic E-state index is 0.635. The normalized spacial score (nSPS) is 12.4. The molecule has 0 radical (unpaired) electrons. The van der Waals surface area contributed by atoms with Gasteiger partial charge in [0.15, 0.2) is 0 Å². The van der Waals surface area contributed by atoms with Gasteiger partial charge in [-0.3, -0.25) is 0 Å².